The van der Waals surface area contributed by atoms with Gasteiger partial charge in [-0.15, -0.1) is 12.4 Å². The summed E-state index contributed by atoms with van der Waals surface area (Å²) in [4.78, 5) is 19.5. The van der Waals surface area contributed by atoms with E-state index in [1.807, 2.05) is 46.9 Å². The summed E-state index contributed by atoms with van der Waals surface area (Å²) in [7, 11) is 5.16. The Morgan fingerprint density at radius 1 is 1.06 bits per heavy atom. The largest absolute Gasteiger partial charge is 0.493 e. The predicted molar refractivity (Wildman–Crippen MR) is 141 cm³/mol. The molecule has 5 rings (SSSR count). The van der Waals surface area contributed by atoms with Crippen LogP contribution in [-0.2, 0) is 24.8 Å². The van der Waals surface area contributed by atoms with Gasteiger partial charge < -0.3 is 18.9 Å². The van der Waals surface area contributed by atoms with Crippen LogP contribution in [0.5, 0.6) is 11.5 Å². The van der Waals surface area contributed by atoms with Crippen LogP contribution in [-0.4, -0.2) is 41.1 Å². The molecule has 0 saturated carbocycles. The molecule has 4 aromatic rings. The molecule has 0 atom stereocenters. The molecule has 0 N–H and O–H groups in total. The van der Waals surface area contributed by atoms with Crippen molar-refractivity contribution in [1.82, 2.24) is 14.5 Å². The van der Waals surface area contributed by atoms with E-state index in [1.54, 1.807) is 38.6 Å². The number of carbonyl (C=O) groups excluding carboxylic acids is 1. The van der Waals surface area contributed by atoms with Gasteiger partial charge in [0.1, 0.15) is 11.5 Å². The zero-order valence-corrected chi connectivity index (χ0v) is 21.1. The molecule has 0 radical (unpaired) electrons. The second kappa shape index (κ2) is 10.4. The Bertz CT molecular complexity index is 1450. The van der Waals surface area contributed by atoms with Gasteiger partial charge in [0, 0.05) is 43.4 Å². The fraction of sp³-hybridized carbons (Fsp3) is 0.214. The normalized spacial score (nSPS) is 12.9. The van der Waals surface area contributed by atoms with Crippen LogP contribution in [0.15, 0.2) is 60.8 Å². The molecule has 8 heteroatoms. The second-order valence-electron chi connectivity index (χ2n) is 8.52. The van der Waals surface area contributed by atoms with Gasteiger partial charge in [0.25, 0.3) is 0 Å². The number of pyridine rings is 1. The number of hydrogen-bond donors (Lipinski definition) is 0. The van der Waals surface area contributed by atoms with Crippen molar-refractivity contribution in [3.05, 3.63) is 83.3 Å². The Morgan fingerprint density at radius 2 is 1.75 bits per heavy atom. The van der Waals surface area contributed by atoms with Crippen molar-refractivity contribution in [3.8, 4) is 22.8 Å². The van der Waals surface area contributed by atoms with E-state index in [2.05, 4.69) is 4.98 Å². The number of aryl methyl sites for hydroxylation is 1. The summed E-state index contributed by atoms with van der Waals surface area (Å²) in [6.07, 6.45) is 5.94. The molecule has 0 unspecified atom stereocenters. The van der Waals surface area contributed by atoms with Crippen LogP contribution >= 0.6 is 12.4 Å². The monoisotopic (exact) mass is 507 g/mol. The van der Waals surface area contributed by atoms with Crippen molar-refractivity contribution in [1.29, 1.82) is 0 Å². The molecule has 2 aromatic carbocycles. The molecular formula is C28H27ClFN3O3. The van der Waals surface area contributed by atoms with Crippen LogP contribution in [0.1, 0.15) is 16.7 Å². The molecule has 6 nitrogen and oxygen atoms in total. The smallest absolute Gasteiger partial charge is 0.246 e. The van der Waals surface area contributed by atoms with Crippen LogP contribution in [0.3, 0.4) is 0 Å². The van der Waals surface area contributed by atoms with Gasteiger partial charge in [0.15, 0.2) is 11.5 Å². The van der Waals surface area contributed by atoms with Gasteiger partial charge in [-0.25, -0.2) is 9.37 Å². The fourth-order valence-electron chi connectivity index (χ4n) is 4.75. The minimum atomic E-state index is -0.294. The molecule has 2 aromatic heterocycles. The van der Waals surface area contributed by atoms with Gasteiger partial charge in [-0.1, -0.05) is 0 Å². The first-order valence-corrected chi connectivity index (χ1v) is 11.4. The predicted octanol–water partition coefficient (Wildman–Crippen LogP) is 5.42. The lowest BCUT2D eigenvalue weighted by Gasteiger charge is -2.28. The van der Waals surface area contributed by atoms with Gasteiger partial charge in [-0.3, -0.25) is 4.79 Å². The summed E-state index contributed by atoms with van der Waals surface area (Å²) in [6, 6.07) is 14.2. The number of amides is 1. The average Bonchev–Trinajstić information content (AvgIpc) is 3.18. The first-order chi connectivity index (χ1) is 17.0. The average molecular weight is 508 g/mol. The summed E-state index contributed by atoms with van der Waals surface area (Å²) in [5.41, 5.74) is 5.62. The molecule has 1 aliphatic heterocycles. The lowest BCUT2D eigenvalue weighted by Crippen LogP contribution is -2.34. The summed E-state index contributed by atoms with van der Waals surface area (Å²) >= 11 is 0. The van der Waals surface area contributed by atoms with E-state index in [0.717, 1.165) is 45.4 Å². The lowest BCUT2D eigenvalue weighted by molar-refractivity contribution is -0.126. The number of aromatic nitrogens is 2. The third kappa shape index (κ3) is 4.54. The van der Waals surface area contributed by atoms with E-state index in [-0.39, 0.29) is 24.1 Å². The molecule has 0 spiro atoms. The molecule has 36 heavy (non-hydrogen) atoms. The Morgan fingerprint density at radius 3 is 2.44 bits per heavy atom. The Balaban J connectivity index is 0.00000304. The van der Waals surface area contributed by atoms with Gasteiger partial charge in [-0.2, -0.15) is 0 Å². The first-order valence-electron chi connectivity index (χ1n) is 11.4. The number of nitrogens with zero attached hydrogens (tertiary/aromatic N) is 3. The molecule has 0 aliphatic carbocycles. The van der Waals surface area contributed by atoms with Gasteiger partial charge in [0.2, 0.25) is 5.91 Å². The molecule has 0 saturated heterocycles. The maximum Gasteiger partial charge on any atom is 0.246 e. The van der Waals surface area contributed by atoms with Crippen molar-refractivity contribution in [2.45, 2.75) is 13.0 Å². The highest BCUT2D eigenvalue weighted by atomic mass is 35.5. The number of ether oxygens (including phenoxy) is 2. The van der Waals surface area contributed by atoms with E-state index < -0.39 is 0 Å². The van der Waals surface area contributed by atoms with Crippen LogP contribution in [0.25, 0.3) is 28.4 Å². The summed E-state index contributed by atoms with van der Waals surface area (Å²) in [5.74, 6) is 0.987. The van der Waals surface area contributed by atoms with E-state index in [0.29, 0.717) is 24.6 Å². The summed E-state index contributed by atoms with van der Waals surface area (Å²) < 4.78 is 26.4. The molecule has 1 amide bonds. The van der Waals surface area contributed by atoms with E-state index in [4.69, 9.17) is 9.47 Å². The van der Waals surface area contributed by atoms with Gasteiger partial charge in [-0.05, 0) is 77.7 Å². The SMILES string of the molecule is COc1cc2c(cc1OC)CN(C(=O)C=Cc1c(-c3ccc(F)cc3)n(C)c3ncccc13)CC2.Cl. The van der Waals surface area contributed by atoms with Gasteiger partial charge in [0.05, 0.1) is 19.9 Å². The maximum atomic E-state index is 13.6. The number of methoxy groups -OCH3 is 2. The summed E-state index contributed by atoms with van der Waals surface area (Å²) in [6.45, 7) is 1.12. The third-order valence-corrected chi connectivity index (χ3v) is 6.53. The van der Waals surface area contributed by atoms with Crippen LogP contribution in [0.4, 0.5) is 4.39 Å². The molecular weight excluding hydrogens is 481 g/mol. The van der Waals surface area contributed by atoms with Crippen molar-refractivity contribution in [2.24, 2.45) is 7.05 Å². The Hall–Kier alpha value is -3.84. The molecule has 1 aliphatic rings. The van der Waals surface area contributed by atoms with E-state index in [9.17, 15) is 9.18 Å². The highest BCUT2D eigenvalue weighted by Crippen LogP contribution is 2.35. The Kier molecular flexibility index (Phi) is 7.31. The van der Waals surface area contributed by atoms with E-state index >= 15 is 0 Å². The second-order valence-corrected chi connectivity index (χ2v) is 8.52. The number of carbonyl (C=O) groups is 1. The van der Waals surface area contributed by atoms with Crippen LogP contribution < -0.4 is 9.47 Å². The standard InChI is InChI=1S/C28H26FN3O3.ClH/c1-31-27(18-6-8-21(29)9-7-18)22(23-5-4-13-30-28(23)31)10-11-26(33)32-14-12-19-15-24(34-2)25(35-3)16-20(19)17-32;/h4-11,13,15-16H,12,14,17H2,1-3H3;1H. The summed E-state index contributed by atoms with van der Waals surface area (Å²) in [5, 5.41) is 0.930. The van der Waals surface area contributed by atoms with Crippen LogP contribution in [0.2, 0.25) is 0 Å². The zero-order valence-electron chi connectivity index (χ0n) is 20.3. The molecule has 0 fully saturated rings. The third-order valence-electron chi connectivity index (χ3n) is 6.53. The number of benzene rings is 2. The molecule has 0 bridgehead atoms. The van der Waals surface area contributed by atoms with Crippen molar-refractivity contribution in [2.75, 3.05) is 20.8 Å². The number of hydrogen-bond acceptors (Lipinski definition) is 4. The zero-order chi connectivity index (χ0) is 24.5. The molecule has 186 valence electrons. The molecule has 3 heterocycles. The minimum Gasteiger partial charge on any atom is -0.493 e. The fourth-order valence-corrected chi connectivity index (χ4v) is 4.75. The van der Waals surface area contributed by atoms with Crippen molar-refractivity contribution < 1.29 is 18.7 Å². The highest BCUT2D eigenvalue weighted by molar-refractivity contribution is 6.00. The van der Waals surface area contributed by atoms with Gasteiger partial charge >= 0.3 is 0 Å². The van der Waals surface area contributed by atoms with Crippen molar-refractivity contribution in [3.63, 3.8) is 0 Å². The Labute approximate surface area is 215 Å². The first kappa shape index (κ1) is 25.3. The number of rotatable bonds is 5. The topological polar surface area (TPSA) is 56.6 Å². The lowest BCUT2D eigenvalue weighted by atomic mass is 9.98. The number of halogens is 2. The van der Waals surface area contributed by atoms with Crippen molar-refractivity contribution >= 4 is 35.4 Å². The van der Waals surface area contributed by atoms with Crippen LogP contribution in [0, 0.1) is 5.82 Å². The highest BCUT2D eigenvalue weighted by Gasteiger charge is 2.22. The minimum absolute atomic E-state index is 0. The quantitative estimate of drug-likeness (QED) is 0.339. The maximum absolute atomic E-state index is 13.6. The number of fused-ring (bicyclic) bond motifs is 2. The van der Waals surface area contributed by atoms with E-state index in [1.165, 1.54) is 12.1 Å².